The quantitative estimate of drug-likeness (QED) is 0.327. The largest absolute Gasteiger partial charge is 0.494 e. The number of ether oxygens (including phenoxy) is 1. The van der Waals surface area contributed by atoms with Crippen molar-refractivity contribution in [2.75, 3.05) is 6.61 Å². The molecule has 0 amide bonds. The molecule has 0 bridgehead atoms. The van der Waals surface area contributed by atoms with Gasteiger partial charge in [-0.05, 0) is 61.7 Å². The van der Waals surface area contributed by atoms with Crippen LogP contribution in [-0.2, 0) is 11.3 Å². The van der Waals surface area contributed by atoms with Gasteiger partial charge in [-0.15, -0.1) is 5.10 Å². The van der Waals surface area contributed by atoms with Gasteiger partial charge in [-0.1, -0.05) is 31.0 Å². The molecular formula is C25H29N3O5. The number of ketones is 1. The van der Waals surface area contributed by atoms with Crippen molar-refractivity contribution >= 4 is 22.7 Å². The molecule has 0 aliphatic carbocycles. The molecule has 1 aromatic heterocycles. The normalized spacial score (nSPS) is 11.9. The molecule has 3 rings (SSSR count). The Bertz CT molecular complexity index is 1170. The van der Waals surface area contributed by atoms with Crippen molar-refractivity contribution in [3.63, 3.8) is 0 Å². The fourth-order valence-corrected chi connectivity index (χ4v) is 3.55. The number of fused-ring (bicyclic) bond motifs is 1. The summed E-state index contributed by atoms with van der Waals surface area (Å²) in [4.78, 5) is 37.1. The van der Waals surface area contributed by atoms with Crippen LogP contribution in [0, 0.1) is 12.8 Å². The molecule has 0 saturated carbocycles. The highest BCUT2D eigenvalue weighted by Crippen LogP contribution is 2.18. The minimum atomic E-state index is -1.09. The Morgan fingerprint density at radius 3 is 2.58 bits per heavy atom. The molecule has 0 aliphatic heterocycles. The number of carbonyl (C=O) groups is 2. The second-order valence-electron chi connectivity index (χ2n) is 8.17. The highest BCUT2D eigenvalue weighted by Gasteiger charge is 2.23. The van der Waals surface area contributed by atoms with Crippen LogP contribution in [0.2, 0.25) is 0 Å². The Morgan fingerprint density at radius 1 is 1.12 bits per heavy atom. The monoisotopic (exact) mass is 451 g/mol. The minimum absolute atomic E-state index is 0.0600. The van der Waals surface area contributed by atoms with Gasteiger partial charge in [0.15, 0.2) is 5.78 Å². The van der Waals surface area contributed by atoms with Gasteiger partial charge >= 0.3 is 5.97 Å². The first-order valence-electron chi connectivity index (χ1n) is 11.2. The lowest BCUT2D eigenvalue weighted by Crippen LogP contribution is -2.27. The molecule has 1 atom stereocenters. The number of rotatable bonds is 12. The number of aromatic nitrogens is 3. The Kier molecular flexibility index (Phi) is 8.29. The van der Waals surface area contributed by atoms with E-state index in [-0.39, 0.29) is 30.7 Å². The SMILES string of the molecule is CCCCCOc1ccc(C(=O)CC(CCn2nnc3cc(C)ccc3c2=O)C(=O)O)cc1. The maximum absolute atomic E-state index is 12.7. The summed E-state index contributed by atoms with van der Waals surface area (Å²) < 4.78 is 6.80. The third-order valence-corrected chi connectivity index (χ3v) is 5.54. The maximum Gasteiger partial charge on any atom is 0.307 e. The highest BCUT2D eigenvalue weighted by molar-refractivity contribution is 5.98. The number of benzene rings is 2. The van der Waals surface area contributed by atoms with Crippen LogP contribution < -0.4 is 10.3 Å². The molecule has 8 nitrogen and oxygen atoms in total. The molecule has 0 fully saturated rings. The number of carbonyl (C=O) groups excluding carboxylic acids is 1. The number of nitrogens with zero attached hydrogens (tertiary/aromatic N) is 3. The van der Waals surface area contributed by atoms with E-state index in [1.165, 1.54) is 0 Å². The van der Waals surface area contributed by atoms with Gasteiger partial charge in [0.1, 0.15) is 11.3 Å². The summed E-state index contributed by atoms with van der Waals surface area (Å²) in [7, 11) is 0. The highest BCUT2D eigenvalue weighted by atomic mass is 16.5. The van der Waals surface area contributed by atoms with E-state index in [0.717, 1.165) is 29.5 Å². The van der Waals surface area contributed by atoms with E-state index in [2.05, 4.69) is 17.2 Å². The van der Waals surface area contributed by atoms with Crippen LogP contribution in [-0.4, -0.2) is 38.5 Å². The van der Waals surface area contributed by atoms with Crippen LogP contribution >= 0.6 is 0 Å². The number of carboxylic acid groups (broad SMARTS) is 1. The zero-order chi connectivity index (χ0) is 23.8. The van der Waals surface area contributed by atoms with Crippen LogP contribution in [0.4, 0.5) is 0 Å². The van der Waals surface area contributed by atoms with Crippen molar-refractivity contribution in [1.82, 2.24) is 15.0 Å². The van der Waals surface area contributed by atoms with E-state index in [1.807, 2.05) is 13.0 Å². The summed E-state index contributed by atoms with van der Waals surface area (Å²) in [6.07, 6.45) is 3.11. The topological polar surface area (TPSA) is 111 Å². The third-order valence-electron chi connectivity index (χ3n) is 5.54. The van der Waals surface area contributed by atoms with E-state index < -0.39 is 11.9 Å². The van der Waals surface area contributed by atoms with Crippen molar-refractivity contribution < 1.29 is 19.4 Å². The van der Waals surface area contributed by atoms with Gasteiger partial charge < -0.3 is 9.84 Å². The summed E-state index contributed by atoms with van der Waals surface area (Å²) in [5, 5.41) is 18.0. The van der Waals surface area contributed by atoms with Crippen molar-refractivity contribution in [3.8, 4) is 5.75 Å². The average Bonchev–Trinajstić information content (AvgIpc) is 2.80. The summed E-state index contributed by atoms with van der Waals surface area (Å²) in [5.74, 6) is -1.62. The second kappa shape index (κ2) is 11.4. The van der Waals surface area contributed by atoms with Gasteiger partial charge in [0.25, 0.3) is 5.56 Å². The lowest BCUT2D eigenvalue weighted by atomic mass is 9.95. The molecule has 2 aromatic carbocycles. The molecular weight excluding hydrogens is 422 g/mol. The van der Waals surface area contributed by atoms with E-state index in [9.17, 15) is 19.5 Å². The maximum atomic E-state index is 12.7. The summed E-state index contributed by atoms with van der Waals surface area (Å²) in [6, 6.07) is 12.0. The smallest absolute Gasteiger partial charge is 0.307 e. The van der Waals surface area contributed by atoms with Crippen molar-refractivity contribution in [2.45, 2.75) is 52.5 Å². The lowest BCUT2D eigenvalue weighted by Gasteiger charge is -2.13. The van der Waals surface area contributed by atoms with E-state index >= 15 is 0 Å². The fourth-order valence-electron chi connectivity index (χ4n) is 3.55. The molecule has 174 valence electrons. The first-order chi connectivity index (χ1) is 15.9. The number of aryl methyl sites for hydroxylation is 2. The van der Waals surface area contributed by atoms with E-state index in [1.54, 1.807) is 36.4 Å². The van der Waals surface area contributed by atoms with Gasteiger partial charge in [-0.3, -0.25) is 14.4 Å². The van der Waals surface area contributed by atoms with E-state index in [0.29, 0.717) is 28.8 Å². The third kappa shape index (κ3) is 6.47. The average molecular weight is 452 g/mol. The summed E-state index contributed by atoms with van der Waals surface area (Å²) >= 11 is 0. The molecule has 0 radical (unpaired) electrons. The van der Waals surface area contributed by atoms with E-state index in [4.69, 9.17) is 4.74 Å². The molecule has 0 saturated heterocycles. The van der Waals surface area contributed by atoms with Crippen LogP contribution in [0.5, 0.6) is 5.75 Å². The molecule has 0 aliphatic rings. The number of unbranched alkanes of at least 4 members (excludes halogenated alkanes) is 2. The molecule has 3 aromatic rings. The Hall–Kier alpha value is -3.55. The molecule has 1 heterocycles. The molecule has 0 spiro atoms. The van der Waals surface area contributed by atoms with Crippen LogP contribution in [0.1, 0.15) is 54.9 Å². The van der Waals surface area contributed by atoms with Crippen molar-refractivity contribution in [3.05, 3.63) is 63.9 Å². The predicted molar refractivity (Wildman–Crippen MR) is 125 cm³/mol. The van der Waals surface area contributed by atoms with Crippen molar-refractivity contribution in [2.24, 2.45) is 5.92 Å². The molecule has 1 N–H and O–H groups in total. The van der Waals surface area contributed by atoms with Gasteiger partial charge in [0.2, 0.25) is 0 Å². The van der Waals surface area contributed by atoms with Gasteiger partial charge in [0.05, 0.1) is 17.9 Å². The van der Waals surface area contributed by atoms with Crippen LogP contribution in [0.15, 0.2) is 47.3 Å². The first kappa shape index (κ1) is 24.1. The zero-order valence-corrected chi connectivity index (χ0v) is 19.0. The Labute approximate surface area is 192 Å². The van der Waals surface area contributed by atoms with Gasteiger partial charge in [-0.2, -0.15) is 0 Å². The fraction of sp³-hybridized carbons (Fsp3) is 0.400. The number of aliphatic carboxylic acids is 1. The molecule has 33 heavy (non-hydrogen) atoms. The second-order valence-corrected chi connectivity index (χ2v) is 8.17. The number of hydrogen-bond acceptors (Lipinski definition) is 6. The number of Topliss-reactive ketones (excluding diaryl/α,β-unsaturated/α-hetero) is 1. The zero-order valence-electron chi connectivity index (χ0n) is 19.0. The number of carboxylic acids is 1. The van der Waals surface area contributed by atoms with Crippen LogP contribution in [0.25, 0.3) is 10.9 Å². The van der Waals surface area contributed by atoms with Gasteiger partial charge in [-0.25, -0.2) is 4.68 Å². The lowest BCUT2D eigenvalue weighted by molar-refractivity contribution is -0.142. The minimum Gasteiger partial charge on any atom is -0.494 e. The first-order valence-corrected chi connectivity index (χ1v) is 11.2. The molecule has 1 unspecified atom stereocenters. The predicted octanol–water partition coefficient (Wildman–Crippen LogP) is 4.03. The Morgan fingerprint density at radius 2 is 1.88 bits per heavy atom. The standard InChI is InChI=1S/C25H29N3O5/c1-3-4-5-14-33-20-9-7-18(8-10-20)23(29)16-19(25(31)32)12-13-28-24(30)21-11-6-17(2)15-22(21)26-27-28/h6-11,15,19H,3-5,12-14,16H2,1-2H3,(H,31,32). The van der Waals surface area contributed by atoms with Crippen molar-refractivity contribution in [1.29, 1.82) is 0 Å². The Balaban J connectivity index is 1.62. The van der Waals surface area contributed by atoms with Crippen LogP contribution in [0.3, 0.4) is 0 Å². The molecule has 8 heteroatoms. The number of hydrogen-bond donors (Lipinski definition) is 1. The summed E-state index contributed by atoms with van der Waals surface area (Å²) in [6.45, 7) is 4.71. The van der Waals surface area contributed by atoms with Gasteiger partial charge in [0, 0.05) is 18.5 Å². The summed E-state index contributed by atoms with van der Waals surface area (Å²) in [5.41, 5.74) is 1.57.